The van der Waals surface area contributed by atoms with Crippen LogP contribution in [0.4, 0.5) is 5.69 Å². The van der Waals surface area contributed by atoms with Gasteiger partial charge in [-0.1, -0.05) is 45.0 Å². The Morgan fingerprint density at radius 2 is 1.78 bits per heavy atom. The standard InChI is InChI=1S/C29H31N3O4/c1-29(2,3)21-16-20(19-30)17-22(18-21)31-28(34)27(33)25-8-9-26(24-7-5-4-6-23(24)25)36-15-12-32-10-13-35-14-11-32/h4-9,16-18H,10-15H2,1-3H3,(H,31,34). The average molecular weight is 486 g/mol. The molecule has 7 nitrogen and oxygen atoms in total. The number of carbonyl (C=O) groups excluding carboxylic acids is 2. The molecule has 7 heteroatoms. The van der Waals surface area contributed by atoms with Crippen molar-refractivity contribution in [2.45, 2.75) is 26.2 Å². The van der Waals surface area contributed by atoms with Crippen molar-refractivity contribution in [1.29, 1.82) is 5.26 Å². The Labute approximate surface area is 211 Å². The van der Waals surface area contributed by atoms with Gasteiger partial charge in [0, 0.05) is 36.3 Å². The lowest BCUT2D eigenvalue weighted by Gasteiger charge is -2.26. The van der Waals surface area contributed by atoms with E-state index in [0.717, 1.165) is 43.8 Å². The number of benzene rings is 3. The fourth-order valence-corrected chi connectivity index (χ4v) is 4.21. The van der Waals surface area contributed by atoms with Crippen LogP contribution in [0.3, 0.4) is 0 Å². The maximum absolute atomic E-state index is 13.2. The Bertz CT molecular complexity index is 1310. The lowest BCUT2D eigenvalue weighted by molar-refractivity contribution is -0.112. The largest absolute Gasteiger partial charge is 0.492 e. The van der Waals surface area contributed by atoms with Crippen molar-refractivity contribution in [3.63, 3.8) is 0 Å². The van der Waals surface area contributed by atoms with Gasteiger partial charge in [-0.15, -0.1) is 0 Å². The molecule has 0 radical (unpaired) electrons. The summed E-state index contributed by atoms with van der Waals surface area (Å²) in [5.74, 6) is -0.728. The molecule has 1 aliphatic heterocycles. The van der Waals surface area contributed by atoms with Crippen molar-refractivity contribution in [3.8, 4) is 11.8 Å². The van der Waals surface area contributed by atoms with Crippen molar-refractivity contribution in [2.75, 3.05) is 44.8 Å². The van der Waals surface area contributed by atoms with Crippen LogP contribution in [0.25, 0.3) is 10.8 Å². The zero-order valence-corrected chi connectivity index (χ0v) is 21.0. The molecule has 1 saturated heterocycles. The van der Waals surface area contributed by atoms with Crippen LogP contribution in [0.5, 0.6) is 5.75 Å². The molecule has 1 heterocycles. The van der Waals surface area contributed by atoms with E-state index in [1.165, 1.54) is 0 Å². The fraction of sp³-hybridized carbons (Fsp3) is 0.345. The minimum atomic E-state index is -0.754. The number of anilines is 1. The van der Waals surface area contributed by atoms with Gasteiger partial charge in [0.1, 0.15) is 12.4 Å². The quantitative estimate of drug-likeness (QED) is 0.390. The van der Waals surface area contributed by atoms with E-state index in [1.807, 2.05) is 45.0 Å². The minimum Gasteiger partial charge on any atom is -0.492 e. The molecule has 1 aliphatic rings. The molecule has 0 saturated carbocycles. The van der Waals surface area contributed by atoms with Crippen LogP contribution < -0.4 is 10.1 Å². The monoisotopic (exact) mass is 485 g/mol. The number of nitriles is 1. The fourth-order valence-electron chi connectivity index (χ4n) is 4.21. The van der Waals surface area contributed by atoms with Crippen molar-refractivity contribution < 1.29 is 19.1 Å². The smallest absolute Gasteiger partial charge is 0.296 e. The van der Waals surface area contributed by atoms with E-state index in [2.05, 4.69) is 16.3 Å². The molecule has 0 bridgehead atoms. The van der Waals surface area contributed by atoms with Gasteiger partial charge in [-0.2, -0.15) is 5.26 Å². The van der Waals surface area contributed by atoms with Crippen molar-refractivity contribution >= 4 is 28.2 Å². The lowest BCUT2D eigenvalue weighted by atomic mass is 9.86. The predicted octanol–water partition coefficient (Wildman–Crippen LogP) is 4.54. The summed E-state index contributed by atoms with van der Waals surface area (Å²) < 4.78 is 11.4. The molecule has 1 amide bonds. The minimum absolute atomic E-state index is 0.218. The maximum atomic E-state index is 13.2. The Morgan fingerprint density at radius 1 is 1.06 bits per heavy atom. The van der Waals surface area contributed by atoms with E-state index in [9.17, 15) is 14.9 Å². The molecular formula is C29H31N3O4. The van der Waals surface area contributed by atoms with E-state index >= 15 is 0 Å². The summed E-state index contributed by atoms with van der Waals surface area (Å²) >= 11 is 0. The molecular weight excluding hydrogens is 454 g/mol. The van der Waals surface area contributed by atoms with E-state index < -0.39 is 11.7 Å². The molecule has 186 valence electrons. The first-order chi connectivity index (χ1) is 17.3. The second kappa shape index (κ2) is 10.9. The third-order valence-electron chi connectivity index (χ3n) is 6.29. The molecule has 1 fully saturated rings. The topological polar surface area (TPSA) is 91.7 Å². The third kappa shape index (κ3) is 5.91. The zero-order chi connectivity index (χ0) is 25.7. The van der Waals surface area contributed by atoms with Crippen molar-refractivity contribution in [1.82, 2.24) is 4.90 Å². The molecule has 3 aromatic rings. The van der Waals surface area contributed by atoms with Crippen LogP contribution in [0.15, 0.2) is 54.6 Å². The maximum Gasteiger partial charge on any atom is 0.296 e. The number of nitrogens with zero attached hydrogens (tertiary/aromatic N) is 2. The number of amides is 1. The number of carbonyl (C=O) groups is 2. The molecule has 0 spiro atoms. The molecule has 0 unspecified atom stereocenters. The Kier molecular flexibility index (Phi) is 7.68. The van der Waals surface area contributed by atoms with E-state index in [4.69, 9.17) is 9.47 Å². The van der Waals surface area contributed by atoms with Gasteiger partial charge in [0.25, 0.3) is 11.7 Å². The summed E-state index contributed by atoms with van der Waals surface area (Å²) in [6.45, 7) is 10.6. The first-order valence-electron chi connectivity index (χ1n) is 12.1. The van der Waals surface area contributed by atoms with Crippen molar-refractivity contribution in [3.05, 3.63) is 71.3 Å². The normalized spacial score (nSPS) is 14.3. The highest BCUT2D eigenvalue weighted by molar-refractivity contribution is 6.48. The molecule has 36 heavy (non-hydrogen) atoms. The number of morpholine rings is 1. The Morgan fingerprint density at radius 3 is 2.47 bits per heavy atom. The van der Waals surface area contributed by atoms with Gasteiger partial charge in [0.2, 0.25) is 0 Å². The molecule has 0 aliphatic carbocycles. The van der Waals surface area contributed by atoms with Gasteiger partial charge in [-0.3, -0.25) is 14.5 Å². The average Bonchev–Trinajstić information content (AvgIpc) is 2.88. The number of fused-ring (bicyclic) bond motifs is 1. The van der Waals surface area contributed by atoms with Crippen LogP contribution in [0, 0.1) is 11.3 Å². The number of ketones is 1. The zero-order valence-electron chi connectivity index (χ0n) is 21.0. The summed E-state index contributed by atoms with van der Waals surface area (Å²) in [5.41, 5.74) is 1.83. The molecule has 1 N–H and O–H groups in total. The Hall–Kier alpha value is -3.73. The van der Waals surface area contributed by atoms with E-state index in [1.54, 1.807) is 30.3 Å². The first kappa shape index (κ1) is 25.4. The highest BCUT2D eigenvalue weighted by atomic mass is 16.5. The van der Waals surface area contributed by atoms with Gasteiger partial charge in [0.05, 0.1) is 24.8 Å². The molecule has 3 aromatic carbocycles. The summed E-state index contributed by atoms with van der Waals surface area (Å²) in [4.78, 5) is 28.4. The van der Waals surface area contributed by atoms with Gasteiger partial charge in [-0.25, -0.2) is 0 Å². The van der Waals surface area contributed by atoms with Crippen molar-refractivity contribution in [2.24, 2.45) is 0 Å². The number of hydrogen-bond donors (Lipinski definition) is 1. The van der Waals surface area contributed by atoms with Crippen LogP contribution in [-0.4, -0.2) is 56.0 Å². The van der Waals surface area contributed by atoms with Crippen LogP contribution in [-0.2, 0) is 14.9 Å². The first-order valence-corrected chi connectivity index (χ1v) is 12.1. The van der Waals surface area contributed by atoms with E-state index in [-0.39, 0.29) is 5.41 Å². The van der Waals surface area contributed by atoms with Crippen LogP contribution >= 0.6 is 0 Å². The highest BCUT2D eigenvalue weighted by Gasteiger charge is 2.22. The summed E-state index contributed by atoms with van der Waals surface area (Å²) in [5, 5.41) is 13.5. The second-order valence-corrected chi connectivity index (χ2v) is 9.90. The summed E-state index contributed by atoms with van der Waals surface area (Å²) in [6.07, 6.45) is 0. The van der Waals surface area contributed by atoms with Gasteiger partial charge in [-0.05, 0) is 46.7 Å². The number of rotatable bonds is 7. The van der Waals surface area contributed by atoms with Gasteiger partial charge >= 0.3 is 0 Å². The summed E-state index contributed by atoms with van der Waals surface area (Å²) in [7, 11) is 0. The van der Waals surface area contributed by atoms with Crippen LogP contribution in [0.1, 0.15) is 42.3 Å². The number of Topliss-reactive ketones (excluding diaryl/α,β-unsaturated/α-hetero) is 1. The number of nitrogens with one attached hydrogen (secondary N) is 1. The van der Waals surface area contributed by atoms with Crippen LogP contribution in [0.2, 0.25) is 0 Å². The number of hydrogen-bond acceptors (Lipinski definition) is 6. The third-order valence-corrected chi connectivity index (χ3v) is 6.29. The molecule has 4 rings (SSSR count). The predicted molar refractivity (Wildman–Crippen MR) is 140 cm³/mol. The number of ether oxygens (including phenoxy) is 2. The molecule has 0 atom stereocenters. The SMILES string of the molecule is CC(C)(C)c1cc(C#N)cc(NC(=O)C(=O)c2ccc(OCCN3CCOCC3)c3ccccc23)c1. The lowest BCUT2D eigenvalue weighted by Crippen LogP contribution is -2.38. The summed E-state index contributed by atoms with van der Waals surface area (Å²) in [6, 6.07) is 18.1. The second-order valence-electron chi connectivity index (χ2n) is 9.90. The van der Waals surface area contributed by atoms with Gasteiger partial charge in [0.15, 0.2) is 0 Å². The Balaban J connectivity index is 1.53. The molecule has 0 aromatic heterocycles. The van der Waals surface area contributed by atoms with E-state index in [0.29, 0.717) is 34.6 Å². The van der Waals surface area contributed by atoms with Gasteiger partial charge < -0.3 is 14.8 Å². The highest BCUT2D eigenvalue weighted by Crippen LogP contribution is 2.30.